The first-order valence-electron chi connectivity index (χ1n) is 3.39. The smallest absolute Gasteiger partial charge is 0.0625 e. The van der Waals surface area contributed by atoms with Gasteiger partial charge in [-0.05, 0) is 5.92 Å². The average molecular weight is 99.2 g/mol. The highest BCUT2D eigenvalue weighted by molar-refractivity contribution is 4.59. The van der Waals surface area contributed by atoms with Crippen LogP contribution < -0.4 is 0 Å². The van der Waals surface area contributed by atoms with Crippen molar-refractivity contribution in [3.05, 3.63) is 0 Å². The fraction of sp³-hybridized carbons (Fsp3) is 1.00. The fourth-order valence-corrected chi connectivity index (χ4v) is 1.31. The molecule has 1 saturated carbocycles. The van der Waals surface area contributed by atoms with Gasteiger partial charge in [-0.15, -0.1) is 0 Å². The summed E-state index contributed by atoms with van der Waals surface area (Å²) in [5, 5.41) is 0. The van der Waals surface area contributed by atoms with Crippen LogP contribution in [-0.4, -0.2) is 0 Å². The molecule has 1 rings (SSSR count). The fourth-order valence-electron chi connectivity index (χ4n) is 1.31. The summed E-state index contributed by atoms with van der Waals surface area (Å²) in [4.78, 5) is 0. The Bertz CT molecular complexity index is 46.3. The summed E-state index contributed by atoms with van der Waals surface area (Å²) in [6, 6.07) is 0. The van der Waals surface area contributed by atoms with Crippen molar-refractivity contribution in [3.63, 3.8) is 0 Å². The van der Waals surface area contributed by atoms with Crippen molar-refractivity contribution in [3.8, 4) is 0 Å². The number of hydrogen-bond donors (Lipinski definition) is 0. The molecule has 1 aliphatic carbocycles. The Balaban J connectivity index is 0.000000490. The third kappa shape index (κ3) is 1.50. The van der Waals surface area contributed by atoms with Crippen LogP contribution >= 0.6 is 0 Å². The van der Waals surface area contributed by atoms with Crippen LogP contribution in [0.1, 0.15) is 40.5 Å². The normalized spacial score (nSPS) is 25.3. The highest BCUT2D eigenvalue weighted by Crippen LogP contribution is 2.21. The lowest BCUT2D eigenvalue weighted by molar-refractivity contribution is 0.385. The average Bonchev–Trinajstić information content (AvgIpc) is 1.69. The molecule has 0 heteroatoms. The van der Waals surface area contributed by atoms with Crippen molar-refractivity contribution in [2.45, 2.75) is 39.0 Å². The Morgan fingerprint density at radius 1 is 1.14 bits per heavy atom. The molecule has 0 bridgehead atoms. The Labute approximate surface area is 47.4 Å². The van der Waals surface area contributed by atoms with Gasteiger partial charge in [0.2, 0.25) is 0 Å². The molecule has 7 heavy (non-hydrogen) atoms. The largest absolute Gasteiger partial charge is 1.00 e. The van der Waals surface area contributed by atoms with Crippen molar-refractivity contribution in [1.29, 1.82) is 0 Å². The lowest BCUT2D eigenvalue weighted by atomic mass is 9.91. The molecule has 0 radical (unpaired) electrons. The second-order valence-electron chi connectivity index (χ2n) is 2.74. The zero-order valence-corrected chi connectivity index (χ0v) is 5.11. The maximum atomic E-state index is 2.36. The molecule has 0 saturated heterocycles. The van der Waals surface area contributed by atoms with Crippen molar-refractivity contribution in [2.24, 2.45) is 5.92 Å². The number of hydrogen-bond acceptors (Lipinski definition) is 0. The monoisotopic (exact) mass is 99.1 g/mol. The van der Waals surface area contributed by atoms with Crippen molar-refractivity contribution in [2.75, 3.05) is 0 Å². The molecule has 0 nitrogen and oxygen atoms in total. The van der Waals surface area contributed by atoms with Gasteiger partial charge in [0.1, 0.15) is 0 Å². The van der Waals surface area contributed by atoms with Gasteiger partial charge in [-0.1, -0.05) is 39.0 Å². The zero-order valence-electron chi connectivity index (χ0n) is 6.11. The van der Waals surface area contributed by atoms with Crippen molar-refractivity contribution in [1.82, 2.24) is 0 Å². The van der Waals surface area contributed by atoms with E-state index in [1.165, 1.54) is 32.1 Å². The van der Waals surface area contributed by atoms with Crippen LogP contribution in [-0.2, 0) is 0 Å². The topological polar surface area (TPSA) is 0 Å². The highest BCUT2D eigenvalue weighted by atomic mass is 14.1. The maximum Gasteiger partial charge on any atom is 1.00 e. The van der Waals surface area contributed by atoms with Crippen LogP contribution in [0.3, 0.4) is 0 Å². The molecular weight excluding hydrogens is 84.1 g/mol. The van der Waals surface area contributed by atoms with Gasteiger partial charge < -0.3 is 0 Å². The Morgan fingerprint density at radius 2 is 1.71 bits per heavy atom. The molecule has 0 aliphatic heterocycles. The van der Waals surface area contributed by atoms with Gasteiger partial charge in [0.25, 0.3) is 0 Å². The second-order valence-corrected chi connectivity index (χ2v) is 2.74. The Morgan fingerprint density at radius 3 is 2.00 bits per heavy atom. The Kier molecular flexibility index (Phi) is 1.72. The van der Waals surface area contributed by atoms with E-state index < -0.39 is 0 Å². The third-order valence-electron chi connectivity index (χ3n) is 1.89. The van der Waals surface area contributed by atoms with Crippen molar-refractivity contribution >= 4 is 0 Å². The quantitative estimate of drug-likeness (QED) is 0.438. The lowest BCUT2D eigenvalue weighted by Crippen LogP contribution is -1.99. The van der Waals surface area contributed by atoms with E-state index in [1.54, 1.807) is 0 Å². The molecule has 0 aromatic carbocycles. The molecule has 0 heterocycles. The van der Waals surface area contributed by atoms with E-state index in [1.807, 2.05) is 0 Å². The molecule has 1 aliphatic rings. The standard InChI is InChI=1S/C7H14/c1-7-5-3-2-4-6-7/h7H,2-6H2,1H3/p+1. The summed E-state index contributed by atoms with van der Waals surface area (Å²) in [5.41, 5.74) is 0. The van der Waals surface area contributed by atoms with Gasteiger partial charge >= 0.3 is 1.43 Å². The minimum atomic E-state index is 0. The van der Waals surface area contributed by atoms with Crippen LogP contribution in [0.4, 0.5) is 0 Å². The molecule has 0 aromatic heterocycles. The molecule has 0 spiro atoms. The van der Waals surface area contributed by atoms with Crippen LogP contribution in [0.5, 0.6) is 0 Å². The highest BCUT2D eigenvalue weighted by Gasteiger charge is 2.05. The zero-order chi connectivity index (χ0) is 5.11. The second kappa shape index (κ2) is 2.34. The minimum Gasteiger partial charge on any atom is -0.0625 e. The lowest BCUT2D eigenvalue weighted by Gasteiger charge is -2.15. The predicted molar refractivity (Wildman–Crippen MR) is 33.4 cm³/mol. The summed E-state index contributed by atoms with van der Waals surface area (Å²) in [7, 11) is 0. The molecule has 42 valence electrons. The van der Waals surface area contributed by atoms with Gasteiger partial charge in [-0.3, -0.25) is 0 Å². The van der Waals surface area contributed by atoms with Gasteiger partial charge in [0, 0.05) is 0 Å². The molecule has 0 unspecified atom stereocenters. The van der Waals surface area contributed by atoms with E-state index in [2.05, 4.69) is 6.92 Å². The summed E-state index contributed by atoms with van der Waals surface area (Å²) >= 11 is 0. The SMILES string of the molecule is CC1CCCCC1.[H+]. The van der Waals surface area contributed by atoms with E-state index in [4.69, 9.17) is 0 Å². The molecule has 0 atom stereocenters. The third-order valence-corrected chi connectivity index (χ3v) is 1.89. The summed E-state index contributed by atoms with van der Waals surface area (Å²) in [6.07, 6.45) is 7.44. The molecule has 0 aromatic rings. The van der Waals surface area contributed by atoms with Gasteiger partial charge in [0.05, 0.1) is 0 Å². The van der Waals surface area contributed by atoms with Gasteiger partial charge in [0.15, 0.2) is 0 Å². The van der Waals surface area contributed by atoms with E-state index in [9.17, 15) is 0 Å². The molecular formula is C7H15+. The van der Waals surface area contributed by atoms with Gasteiger partial charge in [-0.2, -0.15) is 0 Å². The molecule has 0 amide bonds. The number of rotatable bonds is 0. The summed E-state index contributed by atoms with van der Waals surface area (Å²) < 4.78 is 0. The first-order valence-corrected chi connectivity index (χ1v) is 3.39. The molecule has 1 fully saturated rings. The first kappa shape index (κ1) is 5.14. The van der Waals surface area contributed by atoms with Crippen molar-refractivity contribution < 1.29 is 1.43 Å². The molecule has 0 N–H and O–H groups in total. The summed E-state index contributed by atoms with van der Waals surface area (Å²) in [6.45, 7) is 2.36. The van der Waals surface area contributed by atoms with Crippen LogP contribution in [0.15, 0.2) is 0 Å². The van der Waals surface area contributed by atoms with Gasteiger partial charge in [-0.25, -0.2) is 0 Å². The van der Waals surface area contributed by atoms with Crippen LogP contribution in [0.2, 0.25) is 0 Å². The van der Waals surface area contributed by atoms with Crippen LogP contribution in [0.25, 0.3) is 0 Å². The minimum absolute atomic E-state index is 0. The van der Waals surface area contributed by atoms with E-state index >= 15 is 0 Å². The van der Waals surface area contributed by atoms with E-state index in [0.29, 0.717) is 0 Å². The first-order chi connectivity index (χ1) is 3.39. The predicted octanol–water partition coefficient (Wildman–Crippen LogP) is 2.70. The Hall–Kier alpha value is 0. The van der Waals surface area contributed by atoms with Crippen LogP contribution in [0, 0.1) is 5.92 Å². The van der Waals surface area contributed by atoms with E-state index in [-0.39, 0.29) is 1.43 Å². The summed E-state index contributed by atoms with van der Waals surface area (Å²) in [5.74, 6) is 1.04. The van der Waals surface area contributed by atoms with E-state index in [0.717, 1.165) is 5.92 Å². The maximum absolute atomic E-state index is 2.36.